The zero-order valence-corrected chi connectivity index (χ0v) is 9.36. The Hall–Kier alpha value is -1.31. The minimum absolute atomic E-state index is 0.346. The van der Waals surface area contributed by atoms with E-state index in [1.165, 1.54) is 5.56 Å². The predicted molar refractivity (Wildman–Crippen MR) is 61.1 cm³/mol. The molecule has 0 saturated heterocycles. The van der Waals surface area contributed by atoms with Crippen LogP contribution in [0.15, 0.2) is 24.3 Å². The van der Waals surface area contributed by atoms with Crippen LogP contribution in [-0.2, 0) is 11.2 Å². The number of aryl methyl sites for hydroxylation is 1. The molecule has 0 radical (unpaired) electrons. The summed E-state index contributed by atoms with van der Waals surface area (Å²) in [4.78, 5) is 11.0. The van der Waals surface area contributed by atoms with Gasteiger partial charge in [-0.2, -0.15) is 0 Å². The van der Waals surface area contributed by atoms with Crippen molar-refractivity contribution in [3.05, 3.63) is 35.4 Å². The van der Waals surface area contributed by atoms with Gasteiger partial charge in [0.2, 0.25) is 0 Å². The van der Waals surface area contributed by atoms with E-state index in [-0.39, 0.29) is 5.92 Å². The molecular formula is C13H18O2. The minimum Gasteiger partial charge on any atom is -0.481 e. The van der Waals surface area contributed by atoms with E-state index in [9.17, 15) is 4.79 Å². The van der Waals surface area contributed by atoms with E-state index in [1.54, 1.807) is 0 Å². The van der Waals surface area contributed by atoms with Gasteiger partial charge in [0.25, 0.3) is 0 Å². The Morgan fingerprint density at radius 2 is 1.87 bits per heavy atom. The molecule has 0 bridgehead atoms. The zero-order valence-electron chi connectivity index (χ0n) is 9.36. The van der Waals surface area contributed by atoms with Gasteiger partial charge in [0.15, 0.2) is 0 Å². The Morgan fingerprint density at radius 1 is 1.27 bits per heavy atom. The first kappa shape index (κ1) is 11.8. The second-order valence-electron chi connectivity index (χ2n) is 3.77. The summed E-state index contributed by atoms with van der Waals surface area (Å²) in [6.45, 7) is 4.10. The lowest BCUT2D eigenvalue weighted by atomic mass is 9.94. The van der Waals surface area contributed by atoms with Crippen LogP contribution in [-0.4, -0.2) is 11.1 Å². The molecule has 1 unspecified atom stereocenters. The van der Waals surface area contributed by atoms with Gasteiger partial charge in [-0.25, -0.2) is 0 Å². The number of carboxylic acid groups (broad SMARTS) is 1. The SMILES string of the molecule is CCCC(C(=O)O)c1ccc(CC)cc1. The number of carboxylic acids is 1. The maximum absolute atomic E-state index is 11.0. The number of aliphatic carboxylic acids is 1. The van der Waals surface area contributed by atoms with Crippen LogP contribution in [0.5, 0.6) is 0 Å². The number of hydrogen-bond donors (Lipinski definition) is 1. The maximum atomic E-state index is 11.0. The van der Waals surface area contributed by atoms with Crippen molar-refractivity contribution in [1.82, 2.24) is 0 Å². The van der Waals surface area contributed by atoms with Gasteiger partial charge in [-0.1, -0.05) is 44.5 Å². The molecular weight excluding hydrogens is 188 g/mol. The molecule has 15 heavy (non-hydrogen) atoms. The molecule has 82 valence electrons. The van der Waals surface area contributed by atoms with Crippen LogP contribution in [0.2, 0.25) is 0 Å². The van der Waals surface area contributed by atoms with Crippen LogP contribution in [0.1, 0.15) is 43.7 Å². The van der Waals surface area contributed by atoms with E-state index in [1.807, 2.05) is 31.2 Å². The summed E-state index contributed by atoms with van der Waals surface area (Å²) in [5.41, 5.74) is 2.17. The molecule has 0 heterocycles. The molecule has 1 aromatic rings. The summed E-state index contributed by atoms with van der Waals surface area (Å²) in [6.07, 6.45) is 2.60. The van der Waals surface area contributed by atoms with Gasteiger partial charge in [0, 0.05) is 0 Å². The summed E-state index contributed by atoms with van der Waals surface area (Å²) in [6, 6.07) is 7.91. The molecule has 0 spiro atoms. The molecule has 1 atom stereocenters. The summed E-state index contributed by atoms with van der Waals surface area (Å²) in [5, 5.41) is 9.08. The average Bonchev–Trinajstić information content (AvgIpc) is 2.26. The first-order valence-corrected chi connectivity index (χ1v) is 5.50. The average molecular weight is 206 g/mol. The predicted octanol–water partition coefficient (Wildman–Crippen LogP) is 3.22. The number of hydrogen-bond acceptors (Lipinski definition) is 1. The Morgan fingerprint density at radius 3 is 2.27 bits per heavy atom. The van der Waals surface area contributed by atoms with Crippen LogP contribution in [0, 0.1) is 0 Å². The van der Waals surface area contributed by atoms with E-state index < -0.39 is 5.97 Å². The monoisotopic (exact) mass is 206 g/mol. The zero-order chi connectivity index (χ0) is 11.3. The highest BCUT2D eigenvalue weighted by molar-refractivity contribution is 5.76. The fourth-order valence-corrected chi connectivity index (χ4v) is 1.71. The Kier molecular flexibility index (Phi) is 4.35. The summed E-state index contributed by atoms with van der Waals surface area (Å²) in [5.74, 6) is -1.07. The molecule has 0 aliphatic heterocycles. The number of benzene rings is 1. The lowest BCUT2D eigenvalue weighted by Crippen LogP contribution is -2.11. The molecule has 0 amide bonds. The third-order valence-corrected chi connectivity index (χ3v) is 2.67. The highest BCUT2D eigenvalue weighted by Crippen LogP contribution is 2.22. The van der Waals surface area contributed by atoms with Crippen LogP contribution >= 0.6 is 0 Å². The minimum atomic E-state index is -0.721. The van der Waals surface area contributed by atoms with Crippen LogP contribution in [0.4, 0.5) is 0 Å². The lowest BCUT2D eigenvalue weighted by Gasteiger charge is -2.11. The Labute approximate surface area is 90.9 Å². The standard InChI is InChI=1S/C13H18O2/c1-3-5-12(13(14)15)11-8-6-10(4-2)7-9-11/h6-9,12H,3-5H2,1-2H3,(H,14,15). The molecule has 0 saturated carbocycles. The fraction of sp³-hybridized carbons (Fsp3) is 0.462. The van der Waals surface area contributed by atoms with Crippen molar-refractivity contribution in [1.29, 1.82) is 0 Å². The van der Waals surface area contributed by atoms with Gasteiger partial charge in [-0.3, -0.25) is 4.79 Å². The Balaban J connectivity index is 2.86. The van der Waals surface area contributed by atoms with E-state index in [4.69, 9.17) is 5.11 Å². The number of carbonyl (C=O) groups is 1. The largest absolute Gasteiger partial charge is 0.481 e. The molecule has 1 aromatic carbocycles. The molecule has 2 nitrogen and oxygen atoms in total. The van der Waals surface area contributed by atoms with Gasteiger partial charge in [-0.15, -0.1) is 0 Å². The van der Waals surface area contributed by atoms with Crippen molar-refractivity contribution < 1.29 is 9.90 Å². The van der Waals surface area contributed by atoms with Gasteiger partial charge >= 0.3 is 5.97 Å². The molecule has 0 aliphatic carbocycles. The summed E-state index contributed by atoms with van der Waals surface area (Å²) in [7, 11) is 0. The topological polar surface area (TPSA) is 37.3 Å². The van der Waals surface area contributed by atoms with E-state index >= 15 is 0 Å². The highest BCUT2D eigenvalue weighted by atomic mass is 16.4. The first-order chi connectivity index (χ1) is 7.19. The van der Waals surface area contributed by atoms with Crippen molar-refractivity contribution in [2.45, 2.75) is 39.0 Å². The van der Waals surface area contributed by atoms with Crippen LogP contribution < -0.4 is 0 Å². The number of rotatable bonds is 5. The van der Waals surface area contributed by atoms with Crippen molar-refractivity contribution in [2.24, 2.45) is 0 Å². The molecule has 1 rings (SSSR count). The summed E-state index contributed by atoms with van der Waals surface area (Å²) < 4.78 is 0. The van der Waals surface area contributed by atoms with Crippen molar-refractivity contribution >= 4 is 5.97 Å². The first-order valence-electron chi connectivity index (χ1n) is 5.50. The van der Waals surface area contributed by atoms with Crippen LogP contribution in [0.25, 0.3) is 0 Å². The van der Waals surface area contributed by atoms with Gasteiger partial charge in [-0.05, 0) is 24.0 Å². The Bertz CT molecular complexity index is 314. The van der Waals surface area contributed by atoms with Gasteiger partial charge < -0.3 is 5.11 Å². The van der Waals surface area contributed by atoms with Gasteiger partial charge in [0.05, 0.1) is 5.92 Å². The molecule has 0 aromatic heterocycles. The van der Waals surface area contributed by atoms with E-state index in [0.29, 0.717) is 6.42 Å². The fourth-order valence-electron chi connectivity index (χ4n) is 1.71. The van der Waals surface area contributed by atoms with E-state index in [0.717, 1.165) is 18.4 Å². The van der Waals surface area contributed by atoms with Gasteiger partial charge in [0.1, 0.15) is 0 Å². The molecule has 2 heteroatoms. The molecule has 1 N–H and O–H groups in total. The normalized spacial score (nSPS) is 12.4. The van der Waals surface area contributed by atoms with Crippen molar-refractivity contribution in [2.75, 3.05) is 0 Å². The maximum Gasteiger partial charge on any atom is 0.310 e. The quantitative estimate of drug-likeness (QED) is 0.803. The van der Waals surface area contributed by atoms with E-state index in [2.05, 4.69) is 6.92 Å². The smallest absolute Gasteiger partial charge is 0.310 e. The lowest BCUT2D eigenvalue weighted by molar-refractivity contribution is -0.139. The second-order valence-corrected chi connectivity index (χ2v) is 3.77. The van der Waals surface area contributed by atoms with Crippen LogP contribution in [0.3, 0.4) is 0 Å². The van der Waals surface area contributed by atoms with Crippen molar-refractivity contribution in [3.63, 3.8) is 0 Å². The molecule has 0 fully saturated rings. The second kappa shape index (κ2) is 5.54. The summed E-state index contributed by atoms with van der Waals surface area (Å²) >= 11 is 0. The third kappa shape index (κ3) is 3.08. The highest BCUT2D eigenvalue weighted by Gasteiger charge is 2.18. The third-order valence-electron chi connectivity index (χ3n) is 2.67. The molecule has 0 aliphatic rings. The van der Waals surface area contributed by atoms with Crippen molar-refractivity contribution in [3.8, 4) is 0 Å².